The van der Waals surface area contributed by atoms with Crippen LogP contribution in [0.2, 0.25) is 10.0 Å². The van der Waals surface area contributed by atoms with Gasteiger partial charge in [0.2, 0.25) is 0 Å². The minimum atomic E-state index is -0.296. The molecule has 0 aliphatic heterocycles. The van der Waals surface area contributed by atoms with Gasteiger partial charge in [0.1, 0.15) is 0 Å². The summed E-state index contributed by atoms with van der Waals surface area (Å²) in [5.41, 5.74) is 0. The molecule has 84 valence electrons. The van der Waals surface area contributed by atoms with Gasteiger partial charge in [-0.2, -0.15) is 0 Å². The van der Waals surface area contributed by atoms with Crippen molar-refractivity contribution in [2.45, 2.75) is 25.9 Å². The van der Waals surface area contributed by atoms with Crippen LogP contribution in [0.3, 0.4) is 0 Å². The maximum absolute atomic E-state index is 9.05. The van der Waals surface area contributed by atoms with Crippen LogP contribution < -0.4 is 4.74 Å². The standard InChI is InChI=1S/C11H14Cl2O2/c1-8(14)4-3-7-15-11-9(12)5-2-6-10(11)13/h2,5-6,8,14H,3-4,7H2,1H3. The zero-order valence-electron chi connectivity index (χ0n) is 8.54. The van der Waals surface area contributed by atoms with Gasteiger partial charge < -0.3 is 9.84 Å². The summed E-state index contributed by atoms with van der Waals surface area (Å²) in [6.07, 6.45) is 1.19. The zero-order chi connectivity index (χ0) is 11.3. The number of aliphatic hydroxyl groups is 1. The van der Waals surface area contributed by atoms with Crippen molar-refractivity contribution in [3.8, 4) is 5.75 Å². The Bertz CT molecular complexity index is 293. The Hall–Kier alpha value is -0.440. The van der Waals surface area contributed by atoms with E-state index in [0.29, 0.717) is 28.8 Å². The summed E-state index contributed by atoms with van der Waals surface area (Å²) in [6.45, 7) is 2.26. The molecule has 2 nitrogen and oxygen atoms in total. The van der Waals surface area contributed by atoms with Gasteiger partial charge in [-0.05, 0) is 31.9 Å². The minimum absolute atomic E-state index is 0.296. The van der Waals surface area contributed by atoms with Crippen LogP contribution in [-0.4, -0.2) is 17.8 Å². The number of hydrogen-bond acceptors (Lipinski definition) is 2. The summed E-state index contributed by atoms with van der Waals surface area (Å²) in [4.78, 5) is 0. The molecule has 0 aliphatic rings. The highest BCUT2D eigenvalue weighted by Gasteiger charge is 2.06. The van der Waals surface area contributed by atoms with Crippen LogP contribution in [0.4, 0.5) is 0 Å². The first-order chi connectivity index (χ1) is 7.11. The van der Waals surface area contributed by atoms with Gasteiger partial charge in [0.05, 0.1) is 22.8 Å². The first-order valence-corrected chi connectivity index (χ1v) is 5.61. The van der Waals surface area contributed by atoms with E-state index in [1.807, 2.05) is 0 Å². The Morgan fingerprint density at radius 1 is 1.33 bits per heavy atom. The summed E-state index contributed by atoms with van der Waals surface area (Å²) in [5, 5.41) is 10.1. The highest BCUT2D eigenvalue weighted by Crippen LogP contribution is 2.32. The summed E-state index contributed by atoms with van der Waals surface area (Å²) in [7, 11) is 0. The lowest BCUT2D eigenvalue weighted by Gasteiger charge is -2.10. The molecule has 0 amide bonds. The van der Waals surface area contributed by atoms with E-state index in [2.05, 4.69) is 0 Å². The molecule has 1 unspecified atom stereocenters. The fourth-order valence-electron chi connectivity index (χ4n) is 1.17. The Labute approximate surface area is 99.8 Å². The highest BCUT2D eigenvalue weighted by atomic mass is 35.5. The molecular weight excluding hydrogens is 235 g/mol. The van der Waals surface area contributed by atoms with E-state index in [1.165, 1.54) is 0 Å². The molecule has 0 saturated heterocycles. The van der Waals surface area contributed by atoms with Gasteiger partial charge in [0.25, 0.3) is 0 Å². The van der Waals surface area contributed by atoms with E-state index >= 15 is 0 Å². The molecule has 0 aliphatic carbocycles. The summed E-state index contributed by atoms with van der Waals surface area (Å²) in [5.74, 6) is 0.520. The number of benzene rings is 1. The maximum Gasteiger partial charge on any atom is 0.156 e. The predicted molar refractivity (Wildman–Crippen MR) is 62.9 cm³/mol. The molecule has 0 saturated carbocycles. The average Bonchev–Trinajstić information content (AvgIpc) is 2.15. The fraction of sp³-hybridized carbons (Fsp3) is 0.455. The first kappa shape index (κ1) is 12.6. The summed E-state index contributed by atoms with van der Waals surface area (Å²) < 4.78 is 5.44. The molecule has 0 spiro atoms. The van der Waals surface area contributed by atoms with Crippen molar-refractivity contribution in [2.75, 3.05) is 6.61 Å². The molecule has 1 rings (SSSR count). The Kier molecular flexibility index (Phi) is 5.23. The predicted octanol–water partition coefficient (Wildman–Crippen LogP) is 3.53. The molecule has 1 aromatic rings. The topological polar surface area (TPSA) is 29.5 Å². The third-order valence-corrected chi connectivity index (χ3v) is 2.53. The second-order valence-corrected chi connectivity index (χ2v) is 4.20. The van der Waals surface area contributed by atoms with E-state index in [4.69, 9.17) is 33.0 Å². The van der Waals surface area contributed by atoms with Gasteiger partial charge in [-0.15, -0.1) is 0 Å². The van der Waals surface area contributed by atoms with Crippen LogP contribution in [0.15, 0.2) is 18.2 Å². The Morgan fingerprint density at radius 2 is 1.93 bits per heavy atom. The third-order valence-electron chi connectivity index (χ3n) is 1.93. The van der Waals surface area contributed by atoms with Crippen molar-refractivity contribution in [3.63, 3.8) is 0 Å². The SMILES string of the molecule is CC(O)CCCOc1c(Cl)cccc1Cl. The number of aliphatic hydroxyl groups excluding tert-OH is 1. The molecule has 0 fully saturated rings. The van der Waals surface area contributed by atoms with Crippen molar-refractivity contribution < 1.29 is 9.84 Å². The van der Waals surface area contributed by atoms with Crippen LogP contribution in [0.1, 0.15) is 19.8 Å². The van der Waals surface area contributed by atoms with Crippen molar-refractivity contribution >= 4 is 23.2 Å². The average molecular weight is 249 g/mol. The first-order valence-electron chi connectivity index (χ1n) is 4.86. The molecule has 0 radical (unpaired) electrons. The Balaban J connectivity index is 2.43. The van der Waals surface area contributed by atoms with Gasteiger partial charge in [-0.3, -0.25) is 0 Å². The van der Waals surface area contributed by atoms with Crippen LogP contribution in [-0.2, 0) is 0 Å². The van der Waals surface area contributed by atoms with Gasteiger partial charge in [-0.25, -0.2) is 0 Å². The summed E-state index contributed by atoms with van der Waals surface area (Å²) in [6, 6.07) is 5.24. The minimum Gasteiger partial charge on any atom is -0.490 e. The van der Waals surface area contributed by atoms with Crippen molar-refractivity contribution in [3.05, 3.63) is 28.2 Å². The fourth-order valence-corrected chi connectivity index (χ4v) is 1.68. The van der Waals surface area contributed by atoms with Crippen LogP contribution in [0, 0.1) is 0 Å². The molecular formula is C11H14Cl2O2. The van der Waals surface area contributed by atoms with Gasteiger partial charge >= 0.3 is 0 Å². The van der Waals surface area contributed by atoms with Crippen LogP contribution in [0.25, 0.3) is 0 Å². The van der Waals surface area contributed by atoms with Gasteiger partial charge in [0, 0.05) is 0 Å². The second-order valence-electron chi connectivity index (χ2n) is 3.39. The lowest BCUT2D eigenvalue weighted by molar-refractivity contribution is 0.170. The number of rotatable bonds is 5. The maximum atomic E-state index is 9.05. The zero-order valence-corrected chi connectivity index (χ0v) is 10.1. The van der Waals surface area contributed by atoms with E-state index in [9.17, 15) is 0 Å². The highest BCUT2D eigenvalue weighted by molar-refractivity contribution is 6.37. The van der Waals surface area contributed by atoms with E-state index in [-0.39, 0.29) is 6.10 Å². The monoisotopic (exact) mass is 248 g/mol. The van der Waals surface area contributed by atoms with Crippen LogP contribution in [0.5, 0.6) is 5.75 Å². The third kappa shape index (κ3) is 4.29. The van der Waals surface area contributed by atoms with Crippen molar-refractivity contribution in [1.82, 2.24) is 0 Å². The molecule has 0 bridgehead atoms. The lowest BCUT2D eigenvalue weighted by atomic mass is 10.2. The number of ether oxygens (including phenoxy) is 1. The van der Waals surface area contributed by atoms with Crippen LogP contribution >= 0.6 is 23.2 Å². The molecule has 0 heterocycles. The van der Waals surface area contributed by atoms with Crippen molar-refractivity contribution in [2.24, 2.45) is 0 Å². The normalized spacial score (nSPS) is 12.5. The smallest absolute Gasteiger partial charge is 0.156 e. The van der Waals surface area contributed by atoms with E-state index in [1.54, 1.807) is 25.1 Å². The number of para-hydroxylation sites is 1. The largest absolute Gasteiger partial charge is 0.490 e. The molecule has 1 N–H and O–H groups in total. The molecule has 1 atom stereocenters. The Morgan fingerprint density at radius 3 is 2.47 bits per heavy atom. The number of halogens is 2. The summed E-state index contributed by atoms with van der Waals surface area (Å²) >= 11 is 11.8. The van der Waals surface area contributed by atoms with E-state index < -0.39 is 0 Å². The van der Waals surface area contributed by atoms with Gasteiger partial charge in [-0.1, -0.05) is 29.3 Å². The van der Waals surface area contributed by atoms with Gasteiger partial charge in [0.15, 0.2) is 5.75 Å². The quantitative estimate of drug-likeness (QED) is 0.809. The van der Waals surface area contributed by atoms with E-state index in [0.717, 1.165) is 6.42 Å². The molecule has 1 aromatic carbocycles. The number of hydrogen-bond donors (Lipinski definition) is 1. The lowest BCUT2D eigenvalue weighted by Crippen LogP contribution is -2.04. The second kappa shape index (κ2) is 6.21. The molecule has 4 heteroatoms. The van der Waals surface area contributed by atoms with Crippen molar-refractivity contribution in [1.29, 1.82) is 0 Å². The molecule has 15 heavy (non-hydrogen) atoms. The molecule has 0 aromatic heterocycles.